The molecular formula is C19H26O4Si. The van der Waals surface area contributed by atoms with E-state index in [2.05, 4.69) is 33.9 Å². The van der Waals surface area contributed by atoms with Crippen LogP contribution in [0.2, 0.25) is 18.1 Å². The first-order chi connectivity index (χ1) is 11.1. The zero-order chi connectivity index (χ0) is 18.1. The minimum atomic E-state index is -2.06. The number of hydrogen-bond donors (Lipinski definition) is 0. The number of rotatable bonds is 5. The molecule has 0 heterocycles. The van der Waals surface area contributed by atoms with E-state index in [-0.39, 0.29) is 5.04 Å². The fourth-order valence-electron chi connectivity index (χ4n) is 2.29. The van der Waals surface area contributed by atoms with Crippen LogP contribution in [0.5, 0.6) is 17.2 Å². The number of methoxy groups -OCH3 is 2. The van der Waals surface area contributed by atoms with E-state index >= 15 is 0 Å². The molecule has 130 valence electrons. The largest absolute Gasteiger partial charge is 0.543 e. The maximum absolute atomic E-state index is 11.4. The van der Waals surface area contributed by atoms with Gasteiger partial charge in [0.05, 0.1) is 19.6 Å². The highest BCUT2D eigenvalue weighted by atomic mass is 28.4. The predicted molar refractivity (Wildman–Crippen MR) is 100 cm³/mol. The fourth-order valence-corrected chi connectivity index (χ4v) is 3.31. The van der Waals surface area contributed by atoms with Gasteiger partial charge >= 0.3 is 0 Å². The lowest BCUT2D eigenvalue weighted by Gasteiger charge is -2.37. The molecule has 0 unspecified atom stereocenters. The van der Waals surface area contributed by atoms with Gasteiger partial charge in [0.25, 0.3) is 8.32 Å². The average Bonchev–Trinajstić information content (AvgIpc) is 2.51. The zero-order valence-electron chi connectivity index (χ0n) is 15.5. The Hall–Kier alpha value is -2.01. The summed E-state index contributed by atoms with van der Waals surface area (Å²) in [4.78, 5) is 11.4. The first-order valence-electron chi connectivity index (χ1n) is 7.97. The van der Waals surface area contributed by atoms with Crippen molar-refractivity contribution in [2.45, 2.75) is 38.9 Å². The molecule has 0 saturated carbocycles. The number of carbonyl (C=O) groups excluding carboxylic acids is 1. The summed E-state index contributed by atoms with van der Waals surface area (Å²) < 4.78 is 17.4. The van der Waals surface area contributed by atoms with E-state index in [0.717, 1.165) is 17.1 Å². The van der Waals surface area contributed by atoms with Gasteiger partial charge in [0, 0.05) is 11.6 Å². The number of hydrogen-bond acceptors (Lipinski definition) is 4. The number of aldehydes is 1. The second-order valence-corrected chi connectivity index (χ2v) is 12.2. The standard InChI is InChI=1S/C19H26O4Si/c1-19(2,3)24(6,7)23-17-9-13(12-20)8-14-10-15(21-4)11-16(22-5)18(14)17/h8-12H,1-7H3. The van der Waals surface area contributed by atoms with Crippen LogP contribution in [0.4, 0.5) is 0 Å². The summed E-state index contributed by atoms with van der Waals surface area (Å²) in [5.74, 6) is 2.05. The third-order valence-electron chi connectivity index (χ3n) is 4.74. The second kappa shape index (κ2) is 6.47. The molecule has 4 nitrogen and oxygen atoms in total. The molecule has 0 aliphatic carbocycles. The Labute approximate surface area is 144 Å². The van der Waals surface area contributed by atoms with Gasteiger partial charge in [-0.2, -0.15) is 0 Å². The summed E-state index contributed by atoms with van der Waals surface area (Å²) in [6, 6.07) is 7.35. The molecule has 5 heteroatoms. The number of fused-ring (bicyclic) bond motifs is 1. The van der Waals surface area contributed by atoms with Crippen molar-refractivity contribution >= 4 is 25.4 Å². The highest BCUT2D eigenvalue weighted by Crippen LogP contribution is 2.43. The van der Waals surface area contributed by atoms with Crippen molar-refractivity contribution in [1.29, 1.82) is 0 Å². The average molecular weight is 346 g/mol. The van der Waals surface area contributed by atoms with Crippen LogP contribution >= 0.6 is 0 Å². The van der Waals surface area contributed by atoms with Crippen molar-refractivity contribution < 1.29 is 18.7 Å². The Kier molecular flexibility index (Phi) is 4.94. The van der Waals surface area contributed by atoms with E-state index < -0.39 is 8.32 Å². The summed E-state index contributed by atoms with van der Waals surface area (Å²) >= 11 is 0. The molecule has 0 radical (unpaired) electrons. The van der Waals surface area contributed by atoms with Gasteiger partial charge in [0.15, 0.2) is 0 Å². The van der Waals surface area contributed by atoms with Crippen molar-refractivity contribution in [3.63, 3.8) is 0 Å². The minimum absolute atomic E-state index is 0.0518. The van der Waals surface area contributed by atoms with E-state index in [1.807, 2.05) is 18.2 Å². The molecule has 0 aliphatic heterocycles. The van der Waals surface area contributed by atoms with Crippen LogP contribution < -0.4 is 13.9 Å². The van der Waals surface area contributed by atoms with E-state index in [9.17, 15) is 4.79 Å². The van der Waals surface area contributed by atoms with Crippen molar-refractivity contribution in [2.24, 2.45) is 0 Å². The third-order valence-corrected chi connectivity index (χ3v) is 9.08. The molecule has 0 aliphatic rings. The van der Waals surface area contributed by atoms with Gasteiger partial charge in [0.2, 0.25) is 0 Å². The van der Waals surface area contributed by atoms with Crippen LogP contribution in [0.15, 0.2) is 24.3 Å². The molecule has 2 rings (SSSR count). The first-order valence-corrected chi connectivity index (χ1v) is 10.9. The number of benzene rings is 2. The smallest absolute Gasteiger partial charge is 0.250 e. The highest BCUT2D eigenvalue weighted by molar-refractivity contribution is 6.74. The Morgan fingerprint density at radius 1 is 0.958 bits per heavy atom. The Bertz CT molecular complexity index is 760. The van der Waals surface area contributed by atoms with Crippen LogP contribution in [0.25, 0.3) is 10.8 Å². The summed E-state index contributed by atoms with van der Waals surface area (Å²) in [6.45, 7) is 10.9. The highest BCUT2D eigenvalue weighted by Gasteiger charge is 2.39. The molecule has 2 aromatic rings. The molecule has 0 spiro atoms. The van der Waals surface area contributed by atoms with Crippen molar-refractivity contribution in [3.8, 4) is 17.2 Å². The predicted octanol–water partition coefficient (Wildman–Crippen LogP) is 5.05. The zero-order valence-corrected chi connectivity index (χ0v) is 16.5. The molecule has 0 fully saturated rings. The monoisotopic (exact) mass is 346 g/mol. The van der Waals surface area contributed by atoms with Crippen LogP contribution in [0.3, 0.4) is 0 Å². The lowest BCUT2D eigenvalue weighted by Crippen LogP contribution is -2.43. The minimum Gasteiger partial charge on any atom is -0.543 e. The summed E-state index contributed by atoms with van der Waals surface area (Å²) in [7, 11) is 1.17. The second-order valence-electron chi connectivity index (χ2n) is 7.43. The van der Waals surface area contributed by atoms with Gasteiger partial charge in [-0.3, -0.25) is 4.79 Å². The quantitative estimate of drug-likeness (QED) is 0.561. The molecule has 0 saturated heterocycles. The number of carbonyl (C=O) groups is 1. The van der Waals surface area contributed by atoms with Crippen molar-refractivity contribution in [1.82, 2.24) is 0 Å². The Morgan fingerprint density at radius 3 is 2.12 bits per heavy atom. The van der Waals surface area contributed by atoms with Gasteiger partial charge < -0.3 is 13.9 Å². The van der Waals surface area contributed by atoms with Gasteiger partial charge in [-0.25, -0.2) is 0 Å². The molecule has 0 bridgehead atoms. The Morgan fingerprint density at radius 2 is 1.62 bits per heavy atom. The Balaban J connectivity index is 2.74. The van der Waals surface area contributed by atoms with E-state index in [4.69, 9.17) is 13.9 Å². The lowest BCUT2D eigenvalue weighted by atomic mass is 10.0. The summed E-state index contributed by atoms with van der Waals surface area (Å²) in [5, 5.41) is 1.79. The maximum Gasteiger partial charge on any atom is 0.250 e. The molecule has 24 heavy (non-hydrogen) atoms. The first kappa shape index (κ1) is 18.3. The summed E-state index contributed by atoms with van der Waals surface area (Å²) in [6.07, 6.45) is 0.837. The van der Waals surface area contributed by atoms with Gasteiger partial charge in [-0.1, -0.05) is 20.8 Å². The number of ether oxygens (including phenoxy) is 2. The van der Waals surface area contributed by atoms with Gasteiger partial charge in [-0.15, -0.1) is 0 Å². The molecule has 2 aromatic carbocycles. The molecular weight excluding hydrogens is 320 g/mol. The lowest BCUT2D eigenvalue weighted by molar-refractivity contribution is 0.112. The normalized spacial score (nSPS) is 12.1. The van der Waals surface area contributed by atoms with E-state index in [1.54, 1.807) is 20.3 Å². The van der Waals surface area contributed by atoms with Crippen LogP contribution in [0.1, 0.15) is 31.1 Å². The SMILES string of the molecule is COc1cc(OC)c2c(O[Si](C)(C)C(C)(C)C)cc(C=O)cc2c1. The van der Waals surface area contributed by atoms with Gasteiger partial charge in [-0.05, 0) is 41.7 Å². The maximum atomic E-state index is 11.4. The van der Waals surface area contributed by atoms with E-state index in [0.29, 0.717) is 22.8 Å². The van der Waals surface area contributed by atoms with Crippen molar-refractivity contribution in [3.05, 3.63) is 29.8 Å². The molecule has 0 atom stereocenters. The van der Waals surface area contributed by atoms with E-state index in [1.165, 1.54) is 0 Å². The van der Waals surface area contributed by atoms with Crippen LogP contribution in [-0.4, -0.2) is 28.8 Å². The van der Waals surface area contributed by atoms with Crippen LogP contribution in [0, 0.1) is 0 Å². The molecule has 0 amide bonds. The third kappa shape index (κ3) is 3.41. The van der Waals surface area contributed by atoms with Crippen molar-refractivity contribution in [2.75, 3.05) is 14.2 Å². The molecule has 0 aromatic heterocycles. The fraction of sp³-hybridized carbons (Fsp3) is 0.421. The van der Waals surface area contributed by atoms with Gasteiger partial charge in [0.1, 0.15) is 23.5 Å². The molecule has 0 N–H and O–H groups in total. The topological polar surface area (TPSA) is 44.8 Å². The van der Waals surface area contributed by atoms with Crippen LogP contribution in [-0.2, 0) is 0 Å². The summed E-state index contributed by atoms with van der Waals surface area (Å²) in [5.41, 5.74) is 0.575.